The molecule has 2 N–H and O–H groups in total. The highest BCUT2D eigenvalue weighted by atomic mass is 16.3. The number of hydrogen-bond donors (Lipinski definition) is 2. The Balaban J connectivity index is 2.62. The van der Waals surface area contributed by atoms with Crippen LogP contribution < -0.4 is 5.32 Å². The van der Waals surface area contributed by atoms with Crippen LogP contribution in [0, 0.1) is 0 Å². The molecule has 0 spiro atoms. The Hall–Kier alpha value is -1.10. The predicted molar refractivity (Wildman–Crippen MR) is 46.0 cm³/mol. The van der Waals surface area contributed by atoms with E-state index in [-0.39, 0.29) is 19.0 Å². The average molecular weight is 186 g/mol. The third-order valence-corrected chi connectivity index (χ3v) is 2.20. The molecule has 0 aromatic rings. The van der Waals surface area contributed by atoms with E-state index in [0.717, 1.165) is 4.90 Å². The van der Waals surface area contributed by atoms with Gasteiger partial charge in [-0.1, -0.05) is 6.92 Å². The number of amides is 3. The fraction of sp³-hybridized carbons (Fsp3) is 0.750. The van der Waals surface area contributed by atoms with Crippen molar-refractivity contribution in [1.82, 2.24) is 10.2 Å². The molecule has 1 heterocycles. The summed E-state index contributed by atoms with van der Waals surface area (Å²) in [4.78, 5) is 23.2. The Labute approximate surface area is 76.7 Å². The first-order valence-electron chi connectivity index (χ1n) is 4.27. The van der Waals surface area contributed by atoms with Crippen LogP contribution in [-0.2, 0) is 4.79 Å². The van der Waals surface area contributed by atoms with Gasteiger partial charge >= 0.3 is 6.03 Å². The van der Waals surface area contributed by atoms with Crippen molar-refractivity contribution in [1.29, 1.82) is 0 Å². The SMILES string of the molecule is CCC(C)(O)CN1C(=O)CNC1=O. The van der Waals surface area contributed by atoms with Crippen molar-refractivity contribution < 1.29 is 14.7 Å². The van der Waals surface area contributed by atoms with E-state index in [1.54, 1.807) is 13.8 Å². The summed E-state index contributed by atoms with van der Waals surface area (Å²) in [6, 6.07) is -0.418. The van der Waals surface area contributed by atoms with E-state index in [4.69, 9.17) is 0 Å². The third kappa shape index (κ3) is 2.18. The zero-order valence-corrected chi connectivity index (χ0v) is 7.83. The first-order chi connectivity index (χ1) is 5.96. The van der Waals surface area contributed by atoms with Crippen LogP contribution in [0.2, 0.25) is 0 Å². The summed E-state index contributed by atoms with van der Waals surface area (Å²) in [5.41, 5.74) is -0.989. The smallest absolute Gasteiger partial charge is 0.324 e. The predicted octanol–water partition coefficient (Wildman–Crippen LogP) is -0.301. The quantitative estimate of drug-likeness (QED) is 0.594. The van der Waals surface area contributed by atoms with Crippen molar-refractivity contribution >= 4 is 11.9 Å². The van der Waals surface area contributed by atoms with Crippen molar-refractivity contribution in [2.45, 2.75) is 25.9 Å². The van der Waals surface area contributed by atoms with Crippen molar-refractivity contribution in [3.63, 3.8) is 0 Å². The van der Waals surface area contributed by atoms with Crippen LogP contribution in [0.15, 0.2) is 0 Å². The van der Waals surface area contributed by atoms with E-state index in [0.29, 0.717) is 6.42 Å². The lowest BCUT2D eigenvalue weighted by Crippen LogP contribution is -2.43. The topological polar surface area (TPSA) is 69.6 Å². The highest BCUT2D eigenvalue weighted by molar-refractivity contribution is 6.01. The minimum Gasteiger partial charge on any atom is -0.388 e. The van der Waals surface area contributed by atoms with Gasteiger partial charge in [0.1, 0.15) is 0 Å². The number of imide groups is 1. The highest BCUT2D eigenvalue weighted by Gasteiger charge is 2.33. The van der Waals surface area contributed by atoms with Gasteiger partial charge in [-0.25, -0.2) is 4.79 Å². The lowest BCUT2D eigenvalue weighted by Gasteiger charge is -2.25. The van der Waals surface area contributed by atoms with Gasteiger partial charge in [0.15, 0.2) is 0 Å². The molecule has 0 radical (unpaired) electrons. The zero-order chi connectivity index (χ0) is 10.1. The van der Waals surface area contributed by atoms with E-state index in [9.17, 15) is 14.7 Å². The molecule has 0 bridgehead atoms. The maximum Gasteiger partial charge on any atom is 0.324 e. The molecule has 1 aliphatic rings. The van der Waals surface area contributed by atoms with E-state index in [2.05, 4.69) is 5.32 Å². The lowest BCUT2D eigenvalue weighted by molar-refractivity contribution is -0.127. The Morgan fingerprint density at radius 3 is 2.62 bits per heavy atom. The third-order valence-electron chi connectivity index (χ3n) is 2.20. The van der Waals surface area contributed by atoms with Gasteiger partial charge in [-0.2, -0.15) is 0 Å². The van der Waals surface area contributed by atoms with E-state index < -0.39 is 11.6 Å². The van der Waals surface area contributed by atoms with E-state index in [1.165, 1.54) is 0 Å². The molecule has 5 heteroatoms. The maximum atomic E-state index is 11.1. The summed E-state index contributed by atoms with van der Waals surface area (Å²) in [5, 5.41) is 12.0. The fourth-order valence-electron chi connectivity index (χ4n) is 1.07. The number of carbonyl (C=O) groups excluding carboxylic acids is 2. The molecule has 1 fully saturated rings. The summed E-state index contributed by atoms with van der Waals surface area (Å²) in [7, 11) is 0. The van der Waals surface area contributed by atoms with Gasteiger partial charge in [0.25, 0.3) is 0 Å². The number of rotatable bonds is 3. The first kappa shape index (κ1) is 9.98. The number of carbonyl (C=O) groups is 2. The molecule has 1 unspecified atom stereocenters. The molecule has 1 atom stereocenters. The van der Waals surface area contributed by atoms with Crippen LogP contribution in [0.4, 0.5) is 4.79 Å². The Morgan fingerprint density at radius 2 is 2.23 bits per heavy atom. The van der Waals surface area contributed by atoms with Gasteiger partial charge < -0.3 is 10.4 Å². The Morgan fingerprint density at radius 1 is 1.62 bits per heavy atom. The second-order valence-electron chi connectivity index (χ2n) is 3.49. The average Bonchev–Trinajstić information content (AvgIpc) is 2.36. The van der Waals surface area contributed by atoms with Crippen LogP contribution in [0.1, 0.15) is 20.3 Å². The fourth-order valence-corrected chi connectivity index (χ4v) is 1.07. The monoisotopic (exact) mass is 186 g/mol. The van der Waals surface area contributed by atoms with Crippen LogP contribution in [0.3, 0.4) is 0 Å². The zero-order valence-electron chi connectivity index (χ0n) is 7.83. The number of urea groups is 1. The highest BCUT2D eigenvalue weighted by Crippen LogP contribution is 2.12. The molecule has 0 aromatic heterocycles. The summed E-state index contributed by atoms with van der Waals surface area (Å²) in [6.07, 6.45) is 0.504. The Bertz CT molecular complexity index is 222. The normalized spacial score (nSPS) is 21.6. The van der Waals surface area contributed by atoms with Gasteiger partial charge in [-0.05, 0) is 13.3 Å². The number of aliphatic hydroxyl groups is 1. The first-order valence-corrected chi connectivity index (χ1v) is 4.27. The van der Waals surface area contributed by atoms with Gasteiger partial charge in [0.05, 0.1) is 18.7 Å². The Kier molecular flexibility index (Phi) is 2.56. The molecule has 74 valence electrons. The lowest BCUT2D eigenvalue weighted by atomic mass is 10.0. The molecule has 5 nitrogen and oxygen atoms in total. The maximum absolute atomic E-state index is 11.1. The molecular weight excluding hydrogens is 172 g/mol. The molecule has 0 aromatic carbocycles. The molecule has 13 heavy (non-hydrogen) atoms. The summed E-state index contributed by atoms with van der Waals surface area (Å²) in [5.74, 6) is -0.279. The summed E-state index contributed by atoms with van der Waals surface area (Å²) < 4.78 is 0. The second-order valence-corrected chi connectivity index (χ2v) is 3.49. The molecule has 1 rings (SSSR count). The van der Waals surface area contributed by atoms with Gasteiger partial charge in [0, 0.05) is 0 Å². The van der Waals surface area contributed by atoms with E-state index >= 15 is 0 Å². The van der Waals surface area contributed by atoms with Crippen molar-refractivity contribution in [2.75, 3.05) is 13.1 Å². The minimum absolute atomic E-state index is 0.0403. The molecule has 3 amide bonds. The largest absolute Gasteiger partial charge is 0.388 e. The number of hydrogen-bond acceptors (Lipinski definition) is 3. The molecule has 0 aliphatic carbocycles. The molecule has 0 saturated carbocycles. The second kappa shape index (κ2) is 3.33. The van der Waals surface area contributed by atoms with Gasteiger partial charge in [-0.3, -0.25) is 9.69 Å². The minimum atomic E-state index is -0.989. The summed E-state index contributed by atoms with van der Waals surface area (Å²) in [6.45, 7) is 3.51. The van der Waals surface area contributed by atoms with Crippen LogP contribution in [0.5, 0.6) is 0 Å². The van der Waals surface area contributed by atoms with Crippen molar-refractivity contribution in [3.05, 3.63) is 0 Å². The van der Waals surface area contributed by atoms with Crippen LogP contribution in [-0.4, -0.2) is 40.6 Å². The van der Waals surface area contributed by atoms with E-state index in [1.807, 2.05) is 0 Å². The van der Waals surface area contributed by atoms with Crippen LogP contribution >= 0.6 is 0 Å². The number of nitrogens with zero attached hydrogens (tertiary/aromatic N) is 1. The molecule has 1 saturated heterocycles. The molecular formula is C8H14N2O3. The summed E-state index contributed by atoms with van der Waals surface area (Å²) >= 11 is 0. The molecule has 1 aliphatic heterocycles. The standard InChI is InChI=1S/C8H14N2O3/c1-3-8(2,13)5-10-6(11)4-9-7(10)12/h13H,3-5H2,1-2H3,(H,9,12). The van der Waals surface area contributed by atoms with Crippen molar-refractivity contribution in [2.24, 2.45) is 0 Å². The van der Waals surface area contributed by atoms with Crippen molar-refractivity contribution in [3.8, 4) is 0 Å². The van der Waals surface area contributed by atoms with Crippen LogP contribution in [0.25, 0.3) is 0 Å². The number of nitrogens with one attached hydrogen (secondary N) is 1. The number of β-amino-alcohol motifs (C(OH)–C–C–N with tert-alkyl or cyclic N) is 1. The van der Waals surface area contributed by atoms with Gasteiger partial charge in [-0.15, -0.1) is 0 Å². The van der Waals surface area contributed by atoms with Gasteiger partial charge in [0.2, 0.25) is 5.91 Å².